The molecule has 0 bridgehead atoms. The fraction of sp³-hybridized carbons (Fsp3) is 0.500. The van der Waals surface area contributed by atoms with Crippen LogP contribution < -0.4 is 0 Å². The average molecular weight is 203 g/mol. The quantitative estimate of drug-likeness (QED) is 0.428. The maximum atomic E-state index is 5.66. The summed E-state index contributed by atoms with van der Waals surface area (Å²) in [4.78, 5) is 8.02. The Hall–Kier alpha value is -0.280. The van der Waals surface area contributed by atoms with Gasteiger partial charge in [0.05, 0.1) is 0 Å². The Morgan fingerprint density at radius 3 is 3.00 bits per heavy atom. The van der Waals surface area contributed by atoms with Crippen molar-refractivity contribution in [2.75, 3.05) is 5.75 Å². The molecule has 1 heterocycles. The molecular weight excluding hydrogens is 192 g/mol. The maximum Gasteiger partial charge on any atom is 0.223 e. The molecule has 2 nitrogen and oxygen atoms in total. The second kappa shape index (κ2) is 4.67. The summed E-state index contributed by atoms with van der Waals surface area (Å²) in [5.41, 5.74) is 1.10. The van der Waals surface area contributed by atoms with Crippen LogP contribution in [0.2, 0.25) is 5.28 Å². The van der Waals surface area contributed by atoms with Crippen molar-refractivity contribution in [3.8, 4) is 0 Å². The third-order valence-corrected chi connectivity index (χ3v) is 2.82. The van der Waals surface area contributed by atoms with Crippen molar-refractivity contribution in [3.05, 3.63) is 17.0 Å². The van der Waals surface area contributed by atoms with Crippen molar-refractivity contribution in [2.24, 2.45) is 0 Å². The number of aromatic nitrogens is 2. The first-order valence-electron chi connectivity index (χ1n) is 3.86. The lowest BCUT2D eigenvalue weighted by atomic mass is 10.4. The first-order valence-corrected chi connectivity index (χ1v) is 5.22. The molecule has 0 atom stereocenters. The summed E-state index contributed by atoms with van der Waals surface area (Å²) in [7, 11) is 0. The zero-order valence-corrected chi connectivity index (χ0v) is 8.74. The van der Waals surface area contributed by atoms with Gasteiger partial charge in [-0.15, -0.1) is 11.8 Å². The molecule has 0 radical (unpaired) electrons. The number of nitrogens with zero attached hydrogens (tertiary/aromatic N) is 2. The van der Waals surface area contributed by atoms with Gasteiger partial charge in [-0.25, -0.2) is 9.97 Å². The molecule has 0 spiro atoms. The second-order valence-electron chi connectivity index (χ2n) is 2.48. The highest BCUT2D eigenvalue weighted by molar-refractivity contribution is 7.99. The summed E-state index contributed by atoms with van der Waals surface area (Å²) in [6.45, 7) is 4.14. The van der Waals surface area contributed by atoms with Crippen molar-refractivity contribution in [2.45, 2.75) is 25.3 Å². The van der Waals surface area contributed by atoms with E-state index < -0.39 is 0 Å². The maximum absolute atomic E-state index is 5.66. The predicted molar refractivity (Wildman–Crippen MR) is 52.8 cm³/mol. The zero-order chi connectivity index (χ0) is 8.97. The van der Waals surface area contributed by atoms with Gasteiger partial charge in [-0.3, -0.25) is 0 Å². The lowest BCUT2D eigenvalue weighted by Crippen LogP contribution is -1.90. The molecule has 1 aromatic heterocycles. The smallest absolute Gasteiger partial charge is 0.223 e. The van der Waals surface area contributed by atoms with Gasteiger partial charge in [0.15, 0.2) is 0 Å². The highest BCUT2D eigenvalue weighted by Gasteiger charge is 2.01. The Bertz CT molecular complexity index is 265. The molecular formula is C8H11ClN2S. The third-order valence-electron chi connectivity index (χ3n) is 1.34. The van der Waals surface area contributed by atoms with Crippen LogP contribution >= 0.6 is 23.4 Å². The number of hydrogen-bond acceptors (Lipinski definition) is 3. The first kappa shape index (κ1) is 9.81. The lowest BCUT2D eigenvalue weighted by molar-refractivity contribution is 0.997. The number of aryl methyl sites for hydroxylation is 1. The molecule has 12 heavy (non-hydrogen) atoms. The Morgan fingerprint density at radius 2 is 2.33 bits per heavy atom. The van der Waals surface area contributed by atoms with Gasteiger partial charge >= 0.3 is 0 Å². The van der Waals surface area contributed by atoms with Crippen LogP contribution in [0.4, 0.5) is 0 Å². The molecule has 4 heteroatoms. The SMILES string of the molecule is CCCSc1nc(Cl)ncc1C. The van der Waals surface area contributed by atoms with Crippen molar-refractivity contribution >= 4 is 23.4 Å². The number of halogens is 1. The van der Waals surface area contributed by atoms with E-state index in [1.807, 2.05) is 6.92 Å². The van der Waals surface area contributed by atoms with Crippen molar-refractivity contribution in [1.82, 2.24) is 9.97 Å². The molecule has 0 amide bonds. The number of thioether (sulfide) groups is 1. The molecule has 0 saturated heterocycles. The molecule has 66 valence electrons. The lowest BCUT2D eigenvalue weighted by Gasteiger charge is -2.01. The van der Waals surface area contributed by atoms with E-state index >= 15 is 0 Å². The molecule has 0 saturated carbocycles. The van der Waals surface area contributed by atoms with E-state index in [-0.39, 0.29) is 0 Å². The minimum absolute atomic E-state index is 0.333. The normalized spacial score (nSPS) is 10.2. The minimum Gasteiger partial charge on any atom is -0.226 e. The third kappa shape index (κ3) is 2.64. The highest BCUT2D eigenvalue weighted by atomic mass is 35.5. The van der Waals surface area contributed by atoms with Crippen LogP contribution in [0.1, 0.15) is 18.9 Å². The molecule has 0 aliphatic carbocycles. The second-order valence-corrected chi connectivity index (χ2v) is 3.90. The Balaban J connectivity index is 2.75. The summed E-state index contributed by atoms with van der Waals surface area (Å²) in [6, 6.07) is 0. The zero-order valence-electron chi connectivity index (χ0n) is 7.17. The molecule has 1 aromatic rings. The molecule has 0 N–H and O–H groups in total. The Morgan fingerprint density at radius 1 is 1.58 bits per heavy atom. The molecule has 0 aromatic carbocycles. The average Bonchev–Trinajstić information content (AvgIpc) is 2.07. The van der Waals surface area contributed by atoms with E-state index in [9.17, 15) is 0 Å². The van der Waals surface area contributed by atoms with Crippen LogP contribution in [-0.4, -0.2) is 15.7 Å². The van der Waals surface area contributed by atoms with Gasteiger partial charge in [0.1, 0.15) is 5.03 Å². The van der Waals surface area contributed by atoms with Crippen molar-refractivity contribution in [3.63, 3.8) is 0 Å². The van der Waals surface area contributed by atoms with Gasteiger partial charge in [-0.1, -0.05) is 6.92 Å². The van der Waals surface area contributed by atoms with Gasteiger partial charge < -0.3 is 0 Å². The first-order chi connectivity index (χ1) is 5.74. The largest absolute Gasteiger partial charge is 0.226 e. The van der Waals surface area contributed by atoms with E-state index in [0.717, 1.165) is 22.8 Å². The van der Waals surface area contributed by atoms with E-state index in [4.69, 9.17) is 11.6 Å². The summed E-state index contributed by atoms with van der Waals surface area (Å²) in [5, 5.41) is 1.33. The summed E-state index contributed by atoms with van der Waals surface area (Å²) in [6.07, 6.45) is 2.90. The molecule has 1 rings (SSSR count). The fourth-order valence-electron chi connectivity index (χ4n) is 0.751. The molecule has 0 aliphatic rings. The molecule has 0 aliphatic heterocycles. The van der Waals surface area contributed by atoms with Crippen LogP contribution in [0, 0.1) is 6.92 Å². The van der Waals surface area contributed by atoms with Gasteiger partial charge in [0.2, 0.25) is 5.28 Å². The number of rotatable bonds is 3. The van der Waals surface area contributed by atoms with E-state index in [0.29, 0.717) is 5.28 Å². The highest BCUT2D eigenvalue weighted by Crippen LogP contribution is 2.20. The van der Waals surface area contributed by atoms with E-state index in [1.165, 1.54) is 0 Å². The van der Waals surface area contributed by atoms with Crippen LogP contribution in [0.25, 0.3) is 0 Å². The summed E-state index contributed by atoms with van der Waals surface area (Å²) in [5.74, 6) is 1.08. The monoisotopic (exact) mass is 202 g/mol. The van der Waals surface area contributed by atoms with Gasteiger partial charge in [0, 0.05) is 6.20 Å². The van der Waals surface area contributed by atoms with E-state index in [1.54, 1.807) is 18.0 Å². The summed E-state index contributed by atoms with van der Waals surface area (Å²) < 4.78 is 0. The fourth-order valence-corrected chi connectivity index (χ4v) is 1.76. The summed E-state index contributed by atoms with van der Waals surface area (Å²) >= 11 is 7.39. The van der Waals surface area contributed by atoms with Crippen LogP contribution in [-0.2, 0) is 0 Å². The molecule has 0 unspecified atom stereocenters. The van der Waals surface area contributed by atoms with Crippen molar-refractivity contribution in [1.29, 1.82) is 0 Å². The predicted octanol–water partition coefficient (Wildman–Crippen LogP) is 2.94. The van der Waals surface area contributed by atoms with Crippen molar-refractivity contribution < 1.29 is 0 Å². The van der Waals surface area contributed by atoms with Gasteiger partial charge in [0.25, 0.3) is 0 Å². The van der Waals surface area contributed by atoms with Gasteiger partial charge in [-0.2, -0.15) is 0 Å². The minimum atomic E-state index is 0.333. The van der Waals surface area contributed by atoms with E-state index in [2.05, 4.69) is 16.9 Å². The van der Waals surface area contributed by atoms with Gasteiger partial charge in [-0.05, 0) is 36.3 Å². The molecule has 0 fully saturated rings. The Labute approximate surface area is 81.8 Å². The Kier molecular flexibility index (Phi) is 3.82. The van der Waals surface area contributed by atoms with Crippen LogP contribution in [0.3, 0.4) is 0 Å². The topological polar surface area (TPSA) is 25.8 Å². The van der Waals surface area contributed by atoms with Crippen LogP contribution in [0.15, 0.2) is 11.2 Å². The standard InChI is InChI=1S/C8H11ClN2S/c1-3-4-12-7-6(2)5-10-8(9)11-7/h5H,3-4H2,1-2H3. The van der Waals surface area contributed by atoms with Crippen LogP contribution in [0.5, 0.6) is 0 Å². The number of hydrogen-bond donors (Lipinski definition) is 0.